The molecule has 0 spiro atoms. The van der Waals surface area contributed by atoms with Crippen LogP contribution in [0.1, 0.15) is 18.1 Å². The van der Waals surface area contributed by atoms with E-state index in [4.69, 9.17) is 26.2 Å². The van der Waals surface area contributed by atoms with Crippen LogP contribution in [0.5, 0.6) is 11.5 Å². The first kappa shape index (κ1) is 13.0. The topological polar surface area (TPSA) is 55.8 Å². The summed E-state index contributed by atoms with van der Waals surface area (Å²) in [7, 11) is 1.57. The van der Waals surface area contributed by atoms with Crippen molar-refractivity contribution in [2.24, 2.45) is 5.92 Å². The highest BCUT2D eigenvalue weighted by molar-refractivity contribution is 6.32. The van der Waals surface area contributed by atoms with Gasteiger partial charge in [0.2, 0.25) is 0 Å². The van der Waals surface area contributed by atoms with Crippen LogP contribution >= 0.6 is 11.6 Å². The number of rotatable bonds is 4. The Balaban J connectivity index is 2.39. The van der Waals surface area contributed by atoms with Crippen LogP contribution in [0.25, 0.3) is 0 Å². The molecule has 1 aliphatic rings. The molecule has 5 heteroatoms. The van der Waals surface area contributed by atoms with E-state index in [-0.39, 0.29) is 0 Å². The Morgan fingerprint density at radius 1 is 1.67 bits per heavy atom. The summed E-state index contributed by atoms with van der Waals surface area (Å²) in [5.74, 6) is 0.00285. The van der Waals surface area contributed by atoms with Gasteiger partial charge < -0.3 is 14.6 Å². The minimum atomic E-state index is -0.832. The Kier molecular flexibility index (Phi) is 3.66. The monoisotopic (exact) mass is 270 g/mol. The Morgan fingerprint density at radius 3 is 3.00 bits per heavy atom. The highest BCUT2D eigenvalue weighted by atomic mass is 35.5. The van der Waals surface area contributed by atoms with Gasteiger partial charge in [0.15, 0.2) is 11.5 Å². The van der Waals surface area contributed by atoms with Crippen LogP contribution in [0.2, 0.25) is 5.02 Å². The van der Waals surface area contributed by atoms with Crippen LogP contribution in [0, 0.1) is 5.92 Å². The average molecular weight is 271 g/mol. The normalized spacial score (nSPS) is 14.8. The summed E-state index contributed by atoms with van der Waals surface area (Å²) in [6.07, 6.45) is 1.12. The van der Waals surface area contributed by atoms with Gasteiger partial charge in [-0.15, -0.1) is 0 Å². The van der Waals surface area contributed by atoms with Crippen LogP contribution in [0.4, 0.5) is 0 Å². The Labute approximate surface area is 110 Å². The molecule has 1 aliphatic heterocycles. The number of hydrogen-bond acceptors (Lipinski definition) is 3. The second-order valence-electron chi connectivity index (χ2n) is 4.40. The van der Waals surface area contributed by atoms with Crippen molar-refractivity contribution in [2.75, 3.05) is 13.7 Å². The fraction of sp³-hybridized carbons (Fsp3) is 0.462. The molecule has 1 aromatic carbocycles. The zero-order chi connectivity index (χ0) is 13.3. The van der Waals surface area contributed by atoms with Gasteiger partial charge >= 0.3 is 5.97 Å². The Morgan fingerprint density at radius 2 is 2.39 bits per heavy atom. The lowest BCUT2D eigenvalue weighted by atomic mass is 9.98. The standard InChI is InChI=1S/C13H15ClO4/c1-7(13(15)16)5-8-6-10(17-2)12-9(11(8)14)3-4-18-12/h6-7H,3-5H2,1-2H3,(H,15,16). The van der Waals surface area contributed by atoms with Crippen LogP contribution in [-0.2, 0) is 17.6 Å². The van der Waals surface area contributed by atoms with E-state index in [1.807, 2.05) is 0 Å². The fourth-order valence-corrected chi connectivity index (χ4v) is 2.40. The number of ether oxygens (including phenoxy) is 2. The van der Waals surface area contributed by atoms with E-state index in [1.54, 1.807) is 20.1 Å². The van der Waals surface area contributed by atoms with Crippen molar-refractivity contribution in [3.8, 4) is 11.5 Å². The van der Waals surface area contributed by atoms with Crippen molar-refractivity contribution in [1.29, 1.82) is 0 Å². The molecule has 4 nitrogen and oxygen atoms in total. The van der Waals surface area contributed by atoms with Gasteiger partial charge in [-0.1, -0.05) is 18.5 Å². The third kappa shape index (κ3) is 2.25. The molecule has 0 aliphatic carbocycles. The van der Waals surface area contributed by atoms with E-state index >= 15 is 0 Å². The van der Waals surface area contributed by atoms with Gasteiger partial charge in [0.1, 0.15) is 0 Å². The van der Waals surface area contributed by atoms with E-state index in [9.17, 15) is 4.79 Å². The molecule has 0 amide bonds. The number of carboxylic acid groups (broad SMARTS) is 1. The van der Waals surface area contributed by atoms with Crippen molar-refractivity contribution in [1.82, 2.24) is 0 Å². The minimum absolute atomic E-state index is 0.387. The van der Waals surface area contributed by atoms with Gasteiger partial charge in [-0.3, -0.25) is 4.79 Å². The van der Waals surface area contributed by atoms with Gasteiger partial charge in [0.25, 0.3) is 0 Å². The minimum Gasteiger partial charge on any atom is -0.493 e. The maximum atomic E-state index is 10.9. The largest absolute Gasteiger partial charge is 0.493 e. The average Bonchev–Trinajstić information content (AvgIpc) is 2.82. The van der Waals surface area contributed by atoms with Crippen molar-refractivity contribution < 1.29 is 19.4 Å². The molecule has 2 rings (SSSR count). The van der Waals surface area contributed by atoms with Gasteiger partial charge in [0.05, 0.1) is 24.7 Å². The van der Waals surface area contributed by atoms with Gasteiger partial charge in [-0.05, 0) is 18.1 Å². The molecule has 98 valence electrons. The molecule has 1 N–H and O–H groups in total. The first-order chi connectivity index (χ1) is 8.54. The maximum Gasteiger partial charge on any atom is 0.306 e. The molecular weight excluding hydrogens is 256 g/mol. The van der Waals surface area contributed by atoms with Gasteiger partial charge in [-0.2, -0.15) is 0 Å². The number of benzene rings is 1. The molecule has 1 atom stereocenters. The molecule has 1 unspecified atom stereocenters. The van der Waals surface area contributed by atoms with Crippen molar-refractivity contribution >= 4 is 17.6 Å². The number of hydrogen-bond donors (Lipinski definition) is 1. The van der Waals surface area contributed by atoms with E-state index < -0.39 is 11.9 Å². The van der Waals surface area contributed by atoms with E-state index in [2.05, 4.69) is 0 Å². The highest BCUT2D eigenvalue weighted by Crippen LogP contribution is 2.42. The lowest BCUT2D eigenvalue weighted by Crippen LogP contribution is -2.12. The van der Waals surface area contributed by atoms with Crippen LogP contribution < -0.4 is 9.47 Å². The number of fused-ring (bicyclic) bond motifs is 1. The summed E-state index contributed by atoms with van der Waals surface area (Å²) in [5.41, 5.74) is 1.72. The molecule has 0 aromatic heterocycles. The molecule has 0 saturated carbocycles. The molecule has 0 saturated heterocycles. The molecule has 1 heterocycles. The fourth-order valence-electron chi connectivity index (χ4n) is 2.08. The summed E-state index contributed by atoms with van der Waals surface area (Å²) in [4.78, 5) is 10.9. The highest BCUT2D eigenvalue weighted by Gasteiger charge is 2.24. The zero-order valence-electron chi connectivity index (χ0n) is 10.3. The Hall–Kier alpha value is -1.42. The predicted molar refractivity (Wildman–Crippen MR) is 67.7 cm³/mol. The SMILES string of the molecule is COc1cc(CC(C)C(=O)O)c(Cl)c2c1OCC2. The second-order valence-corrected chi connectivity index (χ2v) is 4.78. The smallest absolute Gasteiger partial charge is 0.306 e. The number of methoxy groups -OCH3 is 1. The van der Waals surface area contributed by atoms with Crippen molar-refractivity contribution in [2.45, 2.75) is 19.8 Å². The third-order valence-corrected chi connectivity index (χ3v) is 3.59. The van der Waals surface area contributed by atoms with Crippen molar-refractivity contribution in [3.63, 3.8) is 0 Å². The third-order valence-electron chi connectivity index (χ3n) is 3.12. The Bertz CT molecular complexity index is 484. The summed E-state index contributed by atoms with van der Waals surface area (Å²) < 4.78 is 10.7. The lowest BCUT2D eigenvalue weighted by Gasteiger charge is -2.14. The van der Waals surface area contributed by atoms with Crippen LogP contribution in [-0.4, -0.2) is 24.8 Å². The van der Waals surface area contributed by atoms with Gasteiger partial charge in [-0.25, -0.2) is 0 Å². The number of halogens is 1. The molecule has 0 bridgehead atoms. The summed E-state index contributed by atoms with van der Waals surface area (Å²) in [6, 6.07) is 1.77. The number of carboxylic acids is 1. The van der Waals surface area contributed by atoms with E-state index in [0.717, 1.165) is 17.5 Å². The molecule has 0 radical (unpaired) electrons. The van der Waals surface area contributed by atoms with E-state index in [1.165, 1.54) is 0 Å². The maximum absolute atomic E-state index is 10.9. The van der Waals surface area contributed by atoms with E-state index in [0.29, 0.717) is 29.5 Å². The lowest BCUT2D eigenvalue weighted by molar-refractivity contribution is -0.141. The quantitative estimate of drug-likeness (QED) is 0.913. The molecule has 1 aromatic rings. The predicted octanol–water partition coefficient (Wildman–Crippen LogP) is 2.55. The van der Waals surface area contributed by atoms with Crippen molar-refractivity contribution in [3.05, 3.63) is 22.2 Å². The van der Waals surface area contributed by atoms with Crippen LogP contribution in [0.3, 0.4) is 0 Å². The number of aliphatic carboxylic acids is 1. The second kappa shape index (κ2) is 5.06. The zero-order valence-corrected chi connectivity index (χ0v) is 11.1. The summed E-state index contributed by atoms with van der Waals surface area (Å²) >= 11 is 6.30. The molecular formula is C13H15ClO4. The van der Waals surface area contributed by atoms with Crippen LogP contribution in [0.15, 0.2) is 6.07 Å². The molecule has 0 fully saturated rings. The first-order valence-electron chi connectivity index (χ1n) is 5.78. The summed E-state index contributed by atoms with van der Waals surface area (Å²) in [5, 5.41) is 9.56. The summed E-state index contributed by atoms with van der Waals surface area (Å²) in [6.45, 7) is 2.25. The molecule has 18 heavy (non-hydrogen) atoms. The first-order valence-corrected chi connectivity index (χ1v) is 6.16. The number of carbonyl (C=O) groups is 1. The van der Waals surface area contributed by atoms with Gasteiger partial charge in [0, 0.05) is 12.0 Å².